The van der Waals surface area contributed by atoms with E-state index < -0.39 is 0 Å². The standard InChI is InChI=1S/C50H34N4/c1-3-11-35(12-4-1)47-31-39-33-50-40(34-49(39)53(47)43-23-19-41(20-24-43)51-29-27-37-15-7-9-17-45(37)51)32-48(36-13-5-2-6-14-36)54(50)44-25-21-42(22-26-44)52-30-28-38-16-8-10-18-46(38)52/h1-34H. The summed E-state index contributed by atoms with van der Waals surface area (Å²) in [5, 5.41) is 4.86. The van der Waals surface area contributed by atoms with Crippen LogP contribution in [-0.2, 0) is 0 Å². The Morgan fingerprint density at radius 3 is 1.06 bits per heavy atom. The summed E-state index contributed by atoms with van der Waals surface area (Å²) in [5.74, 6) is 0. The van der Waals surface area contributed by atoms with Gasteiger partial charge >= 0.3 is 0 Å². The normalized spacial score (nSPS) is 11.7. The lowest BCUT2D eigenvalue weighted by molar-refractivity contribution is 1.10. The van der Waals surface area contributed by atoms with E-state index in [0.717, 1.165) is 34.1 Å². The van der Waals surface area contributed by atoms with Crippen LogP contribution in [-0.4, -0.2) is 18.3 Å². The van der Waals surface area contributed by atoms with E-state index in [9.17, 15) is 0 Å². The molecule has 0 atom stereocenters. The minimum atomic E-state index is 1.12. The Morgan fingerprint density at radius 2 is 0.630 bits per heavy atom. The predicted octanol–water partition coefficient (Wildman–Crippen LogP) is 12.8. The minimum absolute atomic E-state index is 1.12. The van der Waals surface area contributed by atoms with Crippen LogP contribution in [0.2, 0.25) is 0 Å². The molecule has 254 valence electrons. The molecule has 11 aromatic rings. The Kier molecular flexibility index (Phi) is 6.82. The van der Waals surface area contributed by atoms with Crippen LogP contribution in [0.3, 0.4) is 0 Å². The molecule has 4 aromatic heterocycles. The zero-order valence-corrected chi connectivity index (χ0v) is 29.4. The Balaban J connectivity index is 1.09. The first-order chi connectivity index (χ1) is 26.8. The second kappa shape index (κ2) is 12.1. The second-order valence-corrected chi connectivity index (χ2v) is 14.0. The Bertz CT molecular complexity index is 2900. The zero-order chi connectivity index (χ0) is 35.6. The largest absolute Gasteiger partial charge is 0.317 e. The third kappa shape index (κ3) is 4.85. The molecule has 0 aliphatic carbocycles. The van der Waals surface area contributed by atoms with Gasteiger partial charge in [0.25, 0.3) is 0 Å². The van der Waals surface area contributed by atoms with E-state index in [0.29, 0.717) is 0 Å². The monoisotopic (exact) mass is 690 g/mol. The van der Waals surface area contributed by atoms with Crippen LogP contribution in [0.15, 0.2) is 207 Å². The molecule has 4 nitrogen and oxygen atoms in total. The molecule has 0 fully saturated rings. The van der Waals surface area contributed by atoms with Crippen LogP contribution >= 0.6 is 0 Å². The molecule has 0 saturated heterocycles. The maximum Gasteiger partial charge on any atom is 0.0542 e. The van der Waals surface area contributed by atoms with Crippen molar-refractivity contribution in [3.63, 3.8) is 0 Å². The molecule has 0 spiro atoms. The summed E-state index contributed by atoms with van der Waals surface area (Å²) in [6, 6.07) is 70.2. The van der Waals surface area contributed by atoms with Crippen molar-refractivity contribution < 1.29 is 0 Å². The van der Waals surface area contributed by atoms with E-state index in [1.54, 1.807) is 0 Å². The Morgan fingerprint density at radius 1 is 0.259 bits per heavy atom. The quantitative estimate of drug-likeness (QED) is 0.165. The molecular formula is C50H34N4. The molecular weight excluding hydrogens is 657 g/mol. The average molecular weight is 691 g/mol. The molecule has 0 radical (unpaired) electrons. The highest BCUT2D eigenvalue weighted by molar-refractivity contribution is 6.02. The molecule has 0 N–H and O–H groups in total. The highest BCUT2D eigenvalue weighted by Crippen LogP contribution is 2.39. The second-order valence-electron chi connectivity index (χ2n) is 14.0. The van der Waals surface area contributed by atoms with Gasteiger partial charge in [-0.2, -0.15) is 0 Å². The first-order valence-electron chi connectivity index (χ1n) is 18.4. The molecule has 54 heavy (non-hydrogen) atoms. The van der Waals surface area contributed by atoms with Crippen LogP contribution in [0.1, 0.15) is 0 Å². The summed E-state index contributed by atoms with van der Waals surface area (Å²) >= 11 is 0. The van der Waals surface area contributed by atoms with E-state index in [2.05, 4.69) is 225 Å². The van der Waals surface area contributed by atoms with E-state index >= 15 is 0 Å². The van der Waals surface area contributed by atoms with Gasteiger partial charge in [0.2, 0.25) is 0 Å². The van der Waals surface area contributed by atoms with E-state index in [4.69, 9.17) is 0 Å². The smallest absolute Gasteiger partial charge is 0.0542 e. The molecule has 0 saturated carbocycles. The summed E-state index contributed by atoms with van der Waals surface area (Å²) in [6.45, 7) is 0. The molecule has 11 rings (SSSR count). The predicted molar refractivity (Wildman–Crippen MR) is 225 cm³/mol. The lowest BCUT2D eigenvalue weighted by atomic mass is 10.1. The maximum atomic E-state index is 2.41. The van der Waals surface area contributed by atoms with E-state index in [1.165, 1.54) is 54.7 Å². The van der Waals surface area contributed by atoms with Crippen LogP contribution in [0.25, 0.3) is 88.9 Å². The highest BCUT2D eigenvalue weighted by Gasteiger charge is 2.19. The molecule has 4 heteroatoms. The number of para-hydroxylation sites is 2. The van der Waals surface area contributed by atoms with Gasteiger partial charge in [-0.3, -0.25) is 0 Å². The molecule has 0 aliphatic rings. The van der Waals surface area contributed by atoms with Gasteiger partial charge in [0, 0.05) is 45.9 Å². The molecule has 0 amide bonds. The molecule has 4 heterocycles. The van der Waals surface area contributed by atoms with Crippen molar-refractivity contribution in [2.24, 2.45) is 0 Å². The maximum absolute atomic E-state index is 2.41. The van der Waals surface area contributed by atoms with Crippen LogP contribution < -0.4 is 0 Å². The van der Waals surface area contributed by atoms with Gasteiger partial charge < -0.3 is 18.3 Å². The van der Waals surface area contributed by atoms with E-state index in [-0.39, 0.29) is 0 Å². The van der Waals surface area contributed by atoms with Gasteiger partial charge in [-0.05, 0) is 119 Å². The molecule has 0 aliphatic heterocycles. The molecule has 0 unspecified atom stereocenters. The summed E-state index contributed by atoms with van der Waals surface area (Å²) in [6.07, 6.45) is 4.31. The third-order valence-electron chi connectivity index (χ3n) is 10.8. The summed E-state index contributed by atoms with van der Waals surface area (Å²) in [7, 11) is 0. The number of fused-ring (bicyclic) bond motifs is 4. The number of hydrogen-bond acceptors (Lipinski definition) is 0. The lowest BCUT2D eigenvalue weighted by Gasteiger charge is -2.14. The van der Waals surface area contributed by atoms with Crippen molar-refractivity contribution >= 4 is 43.6 Å². The zero-order valence-electron chi connectivity index (χ0n) is 29.4. The topological polar surface area (TPSA) is 19.7 Å². The van der Waals surface area contributed by atoms with Crippen molar-refractivity contribution in [1.29, 1.82) is 0 Å². The number of benzene rings is 7. The Labute approximate surface area is 312 Å². The van der Waals surface area contributed by atoms with E-state index in [1.807, 2.05) is 0 Å². The van der Waals surface area contributed by atoms with Crippen molar-refractivity contribution in [3.05, 3.63) is 207 Å². The number of nitrogens with zero attached hydrogens (tertiary/aromatic N) is 4. The fourth-order valence-electron chi connectivity index (χ4n) is 8.25. The average Bonchev–Trinajstić information content (AvgIpc) is 4.04. The summed E-state index contributed by atoms with van der Waals surface area (Å²) < 4.78 is 9.35. The molecule has 7 aromatic carbocycles. The number of aromatic nitrogens is 4. The van der Waals surface area contributed by atoms with Gasteiger partial charge in [-0.25, -0.2) is 0 Å². The number of rotatable bonds is 6. The summed E-state index contributed by atoms with van der Waals surface area (Å²) in [5.41, 5.74) is 14.0. The van der Waals surface area contributed by atoms with Gasteiger partial charge in [-0.1, -0.05) is 97.1 Å². The first kappa shape index (κ1) is 30.3. The van der Waals surface area contributed by atoms with Gasteiger partial charge in [0.15, 0.2) is 0 Å². The lowest BCUT2D eigenvalue weighted by Crippen LogP contribution is -1.99. The fourth-order valence-corrected chi connectivity index (χ4v) is 8.25. The van der Waals surface area contributed by atoms with Gasteiger partial charge in [-0.15, -0.1) is 0 Å². The van der Waals surface area contributed by atoms with Crippen molar-refractivity contribution in [2.75, 3.05) is 0 Å². The molecule has 0 bridgehead atoms. The van der Waals surface area contributed by atoms with Crippen LogP contribution in [0, 0.1) is 0 Å². The highest BCUT2D eigenvalue weighted by atomic mass is 15.0. The third-order valence-corrected chi connectivity index (χ3v) is 10.8. The van der Waals surface area contributed by atoms with Gasteiger partial charge in [0.05, 0.1) is 33.5 Å². The SMILES string of the molecule is c1ccc(-c2cc3cc4c(cc(-c5ccccc5)n4-c4ccc(-n5ccc6ccccc65)cc4)cc3n2-c2ccc(-n3ccc4ccccc43)cc2)cc1. The fraction of sp³-hybridized carbons (Fsp3) is 0. The van der Waals surface area contributed by atoms with Crippen molar-refractivity contribution in [1.82, 2.24) is 18.3 Å². The summed E-state index contributed by atoms with van der Waals surface area (Å²) in [4.78, 5) is 0. The first-order valence-corrected chi connectivity index (χ1v) is 18.4. The van der Waals surface area contributed by atoms with Gasteiger partial charge in [0.1, 0.15) is 0 Å². The van der Waals surface area contributed by atoms with Crippen molar-refractivity contribution in [2.45, 2.75) is 0 Å². The van der Waals surface area contributed by atoms with Crippen LogP contribution in [0.4, 0.5) is 0 Å². The van der Waals surface area contributed by atoms with Crippen LogP contribution in [0.5, 0.6) is 0 Å². The minimum Gasteiger partial charge on any atom is -0.317 e. The Hall–Kier alpha value is -7.30. The number of hydrogen-bond donors (Lipinski definition) is 0. The van der Waals surface area contributed by atoms with Crippen molar-refractivity contribution in [3.8, 4) is 45.3 Å².